The topological polar surface area (TPSA) is 0 Å². The van der Waals surface area contributed by atoms with Crippen molar-refractivity contribution in [3.05, 3.63) is 0 Å². The molecule has 1 aliphatic heterocycles. The Morgan fingerprint density at radius 2 is 1.83 bits per heavy atom. The summed E-state index contributed by atoms with van der Waals surface area (Å²) in [7, 11) is 0. The van der Waals surface area contributed by atoms with Gasteiger partial charge in [-0.05, 0) is 0 Å². The molecule has 0 bridgehead atoms. The summed E-state index contributed by atoms with van der Waals surface area (Å²) in [5.41, 5.74) is 0. The summed E-state index contributed by atoms with van der Waals surface area (Å²) in [5, 5.41) is 0. The van der Waals surface area contributed by atoms with Crippen LogP contribution in [-0.4, -0.2) is 13.1 Å². The smallest absolute Gasteiger partial charge is 0.177 e. The Labute approximate surface area is 44.4 Å². The first-order valence-electron chi connectivity index (χ1n) is 2.58. The Bertz CT molecular complexity index is 24.3. The highest BCUT2D eigenvalue weighted by molar-refractivity contribution is 8.40. The van der Waals surface area contributed by atoms with Gasteiger partial charge in [-0.15, -0.1) is 0 Å². The van der Waals surface area contributed by atoms with Gasteiger partial charge in [0.05, 0.1) is 0 Å². The highest BCUT2D eigenvalue weighted by Gasteiger charge is 1.99. The van der Waals surface area contributed by atoms with E-state index in [0.29, 0.717) is 0 Å². The molecule has 0 radical (unpaired) electrons. The van der Waals surface area contributed by atoms with Crippen molar-refractivity contribution >= 4 is 24.6 Å². The molecule has 0 aliphatic carbocycles. The van der Waals surface area contributed by atoms with Gasteiger partial charge in [-0.25, -0.2) is 0 Å². The van der Waals surface area contributed by atoms with Crippen LogP contribution in [0.1, 0.15) is 6.42 Å². The maximum absolute atomic E-state index is 2.09. The van der Waals surface area contributed by atoms with Crippen LogP contribution in [-0.2, 0) is 0 Å². The number of hydrogen-bond acceptors (Lipinski definition) is 1. The molecule has 1 fully saturated rings. The van der Waals surface area contributed by atoms with E-state index in [1.807, 2.05) is 0 Å². The molecule has 0 unspecified atom stereocenters. The van der Waals surface area contributed by atoms with E-state index in [9.17, 15) is 0 Å². The summed E-state index contributed by atoms with van der Waals surface area (Å²) in [6, 6.07) is 0. The lowest BCUT2D eigenvalue weighted by molar-refractivity contribution is 1.07. The van der Waals surface area contributed by atoms with Crippen LogP contribution in [0.5, 0.6) is 0 Å². The SMILES string of the molecule is B1CCCBS1. The van der Waals surface area contributed by atoms with Gasteiger partial charge >= 0.3 is 0 Å². The second-order valence-electron chi connectivity index (χ2n) is 1.67. The molecular formula is C3H8B2S. The molecule has 0 N–H and O–H groups in total. The predicted octanol–water partition coefficient (Wildman–Crippen LogP) is 0.663. The molecule has 1 rings (SSSR count). The molecule has 32 valence electrons. The Hall–Kier alpha value is 0.480. The van der Waals surface area contributed by atoms with Crippen LogP contribution in [0.3, 0.4) is 0 Å². The number of hydrogen-bond donors (Lipinski definition) is 0. The van der Waals surface area contributed by atoms with Gasteiger partial charge in [-0.2, -0.15) is 0 Å². The summed E-state index contributed by atoms with van der Waals surface area (Å²) in [5.74, 6) is 0. The minimum absolute atomic E-state index is 1.42. The summed E-state index contributed by atoms with van der Waals surface area (Å²) in [6.07, 6.45) is 4.41. The molecular weight excluding hydrogens is 89.7 g/mol. The average molecular weight is 97.8 g/mol. The molecule has 3 heteroatoms. The lowest BCUT2D eigenvalue weighted by atomic mass is 9.88. The summed E-state index contributed by atoms with van der Waals surface area (Å²) in [6.45, 7) is 2.83. The predicted molar refractivity (Wildman–Crippen MR) is 36.1 cm³/mol. The standard InChI is InChI=1S/C3H8B2S/c1-2-4-6-5-3-1/h4-5H,1-3H2. The van der Waals surface area contributed by atoms with Crippen molar-refractivity contribution in [2.75, 3.05) is 0 Å². The zero-order valence-corrected chi connectivity index (χ0v) is 4.76. The third-order valence-electron chi connectivity index (χ3n) is 1.08. The van der Waals surface area contributed by atoms with E-state index in [0.717, 1.165) is 0 Å². The quantitative estimate of drug-likeness (QED) is 0.401. The van der Waals surface area contributed by atoms with Gasteiger partial charge in [0.1, 0.15) is 0 Å². The maximum Gasteiger partial charge on any atom is 0.177 e. The van der Waals surface area contributed by atoms with Crippen molar-refractivity contribution < 1.29 is 0 Å². The van der Waals surface area contributed by atoms with E-state index < -0.39 is 0 Å². The molecule has 0 atom stereocenters. The van der Waals surface area contributed by atoms with Crippen molar-refractivity contribution in [2.45, 2.75) is 19.1 Å². The molecule has 0 aromatic heterocycles. The molecule has 6 heavy (non-hydrogen) atoms. The van der Waals surface area contributed by atoms with Crippen molar-refractivity contribution in [3.63, 3.8) is 0 Å². The molecule has 0 aromatic rings. The molecule has 0 amide bonds. The van der Waals surface area contributed by atoms with Gasteiger partial charge in [-0.1, -0.05) is 19.1 Å². The second kappa shape index (κ2) is 2.62. The summed E-state index contributed by atoms with van der Waals surface area (Å²) in [4.78, 5) is 0. The normalized spacial score (nSPS) is 21.3. The van der Waals surface area contributed by atoms with Crippen LogP contribution in [0.4, 0.5) is 0 Å². The van der Waals surface area contributed by atoms with Crippen LogP contribution >= 0.6 is 11.5 Å². The first-order valence-corrected chi connectivity index (χ1v) is 3.73. The zero-order valence-electron chi connectivity index (χ0n) is 3.94. The van der Waals surface area contributed by atoms with Gasteiger partial charge in [0.25, 0.3) is 0 Å². The maximum atomic E-state index is 2.09. The van der Waals surface area contributed by atoms with E-state index in [2.05, 4.69) is 11.5 Å². The highest BCUT2D eigenvalue weighted by atomic mass is 32.2. The minimum Gasteiger partial charge on any atom is -0.262 e. The monoisotopic (exact) mass is 98.1 g/mol. The van der Waals surface area contributed by atoms with Crippen LogP contribution in [0.25, 0.3) is 0 Å². The largest absolute Gasteiger partial charge is 0.262 e. The number of rotatable bonds is 0. The molecule has 0 aromatic carbocycles. The highest BCUT2D eigenvalue weighted by Crippen LogP contribution is 2.12. The Kier molecular flexibility index (Phi) is 2.02. The molecule has 1 saturated heterocycles. The fourth-order valence-electron chi connectivity index (χ4n) is 0.687. The van der Waals surface area contributed by atoms with Crippen LogP contribution < -0.4 is 0 Å². The van der Waals surface area contributed by atoms with Crippen molar-refractivity contribution in [3.8, 4) is 0 Å². The molecule has 0 spiro atoms. The van der Waals surface area contributed by atoms with Crippen LogP contribution in [0.15, 0.2) is 0 Å². The molecule has 1 aliphatic rings. The van der Waals surface area contributed by atoms with E-state index in [1.165, 1.54) is 32.2 Å². The third-order valence-corrected chi connectivity index (χ3v) is 2.23. The molecule has 1 heterocycles. The third kappa shape index (κ3) is 1.29. The van der Waals surface area contributed by atoms with Crippen LogP contribution in [0, 0.1) is 0 Å². The minimum atomic E-state index is 1.42. The average Bonchev–Trinajstić information content (AvgIpc) is 1.72. The summed E-state index contributed by atoms with van der Waals surface area (Å²) < 4.78 is 0. The first kappa shape index (κ1) is 4.63. The van der Waals surface area contributed by atoms with E-state index in [4.69, 9.17) is 0 Å². The zero-order chi connectivity index (χ0) is 4.24. The van der Waals surface area contributed by atoms with E-state index >= 15 is 0 Å². The van der Waals surface area contributed by atoms with E-state index in [-0.39, 0.29) is 0 Å². The molecule has 0 nitrogen and oxygen atoms in total. The Morgan fingerprint density at radius 1 is 1.17 bits per heavy atom. The van der Waals surface area contributed by atoms with Gasteiger partial charge < -0.3 is 0 Å². The first-order chi connectivity index (χ1) is 3.00. The summed E-state index contributed by atoms with van der Waals surface area (Å²) >= 11 is 2.09. The van der Waals surface area contributed by atoms with E-state index in [1.54, 1.807) is 0 Å². The Balaban J connectivity index is 2.00. The molecule has 0 saturated carbocycles. The fraction of sp³-hybridized carbons (Fsp3) is 1.00. The van der Waals surface area contributed by atoms with Gasteiger partial charge in [0, 0.05) is 0 Å². The lowest BCUT2D eigenvalue weighted by Gasteiger charge is -2.02. The van der Waals surface area contributed by atoms with Gasteiger partial charge in [-0.3, -0.25) is 11.5 Å². The van der Waals surface area contributed by atoms with Crippen molar-refractivity contribution in [1.82, 2.24) is 0 Å². The fourth-order valence-corrected chi connectivity index (χ4v) is 1.71. The van der Waals surface area contributed by atoms with Gasteiger partial charge in [0.15, 0.2) is 13.1 Å². The lowest BCUT2D eigenvalue weighted by Crippen LogP contribution is -1.96. The Morgan fingerprint density at radius 3 is 2.00 bits per heavy atom. The second-order valence-corrected chi connectivity index (χ2v) is 2.90. The van der Waals surface area contributed by atoms with Gasteiger partial charge in [0.2, 0.25) is 0 Å². The van der Waals surface area contributed by atoms with Crippen molar-refractivity contribution in [1.29, 1.82) is 0 Å². The van der Waals surface area contributed by atoms with Crippen LogP contribution in [0.2, 0.25) is 12.6 Å². The van der Waals surface area contributed by atoms with Crippen molar-refractivity contribution in [2.24, 2.45) is 0 Å².